The van der Waals surface area contributed by atoms with Gasteiger partial charge in [-0.05, 0) is 12.1 Å². The summed E-state index contributed by atoms with van der Waals surface area (Å²) in [5, 5.41) is 13.1. The Morgan fingerprint density at radius 1 is 1.41 bits per heavy atom. The number of hydrogen-bond donors (Lipinski definition) is 2. The van der Waals surface area contributed by atoms with Gasteiger partial charge in [0, 0.05) is 30.1 Å². The summed E-state index contributed by atoms with van der Waals surface area (Å²) in [4.78, 5) is 22.0. The lowest BCUT2D eigenvalue weighted by Crippen LogP contribution is -2.30. The standard InChI is InChI=1S/C10H13N3O3S/c11-5-6-12-10(14)7-17-9-3-1-8(2-4-9)13(15)16/h1-4H,5-7,11H2,(H,12,14). The van der Waals surface area contributed by atoms with Crippen molar-refractivity contribution in [2.75, 3.05) is 18.8 Å². The number of nitro groups is 1. The van der Waals surface area contributed by atoms with Crippen LogP contribution < -0.4 is 11.1 Å². The Hall–Kier alpha value is -1.60. The van der Waals surface area contributed by atoms with E-state index in [0.29, 0.717) is 13.1 Å². The molecule has 1 aromatic rings. The molecule has 0 radical (unpaired) electrons. The molecule has 6 nitrogen and oxygen atoms in total. The molecular weight excluding hydrogens is 242 g/mol. The Bertz CT molecular complexity index is 394. The average Bonchev–Trinajstić information content (AvgIpc) is 2.34. The molecule has 0 aromatic heterocycles. The highest BCUT2D eigenvalue weighted by atomic mass is 32.2. The zero-order valence-electron chi connectivity index (χ0n) is 9.09. The molecule has 17 heavy (non-hydrogen) atoms. The summed E-state index contributed by atoms with van der Waals surface area (Å²) in [5.74, 6) is 0.177. The number of hydrogen-bond acceptors (Lipinski definition) is 5. The molecular formula is C10H13N3O3S. The molecule has 0 unspecified atom stereocenters. The van der Waals surface area contributed by atoms with Crippen LogP contribution in [0.25, 0.3) is 0 Å². The fourth-order valence-corrected chi connectivity index (χ4v) is 1.80. The van der Waals surface area contributed by atoms with Gasteiger partial charge in [-0.1, -0.05) is 0 Å². The lowest BCUT2D eigenvalue weighted by Gasteiger charge is -2.03. The number of carbonyl (C=O) groups excluding carboxylic acids is 1. The number of nitrogens with zero attached hydrogens (tertiary/aromatic N) is 1. The number of nitro benzene ring substituents is 1. The predicted octanol–water partition coefficient (Wildman–Crippen LogP) is 0.762. The van der Waals surface area contributed by atoms with E-state index in [4.69, 9.17) is 5.73 Å². The highest BCUT2D eigenvalue weighted by molar-refractivity contribution is 8.00. The number of benzene rings is 1. The molecule has 0 aliphatic heterocycles. The largest absolute Gasteiger partial charge is 0.354 e. The van der Waals surface area contributed by atoms with Crippen molar-refractivity contribution in [3.8, 4) is 0 Å². The minimum Gasteiger partial charge on any atom is -0.354 e. The zero-order valence-corrected chi connectivity index (χ0v) is 9.90. The second-order valence-corrected chi connectivity index (χ2v) is 4.23. The smallest absolute Gasteiger partial charge is 0.269 e. The third-order valence-electron chi connectivity index (χ3n) is 1.88. The lowest BCUT2D eigenvalue weighted by molar-refractivity contribution is -0.384. The molecule has 0 saturated heterocycles. The number of thioether (sulfide) groups is 1. The van der Waals surface area contributed by atoms with E-state index in [9.17, 15) is 14.9 Å². The molecule has 1 aromatic carbocycles. The number of non-ortho nitro benzene ring substituents is 1. The fraction of sp³-hybridized carbons (Fsp3) is 0.300. The summed E-state index contributed by atoms with van der Waals surface area (Å²) < 4.78 is 0. The third-order valence-corrected chi connectivity index (χ3v) is 2.90. The molecule has 0 atom stereocenters. The highest BCUT2D eigenvalue weighted by Gasteiger charge is 2.05. The van der Waals surface area contributed by atoms with Crippen LogP contribution in [0, 0.1) is 10.1 Å². The first kappa shape index (κ1) is 13.5. The Morgan fingerprint density at radius 2 is 2.06 bits per heavy atom. The van der Waals surface area contributed by atoms with Crippen molar-refractivity contribution in [3.05, 3.63) is 34.4 Å². The van der Waals surface area contributed by atoms with Gasteiger partial charge in [0.2, 0.25) is 5.91 Å². The third kappa shape index (κ3) is 4.83. The second-order valence-electron chi connectivity index (χ2n) is 3.18. The average molecular weight is 255 g/mol. The molecule has 0 fully saturated rings. The van der Waals surface area contributed by atoms with Gasteiger partial charge in [0.25, 0.3) is 5.69 Å². The predicted molar refractivity (Wildman–Crippen MR) is 65.9 cm³/mol. The first-order valence-electron chi connectivity index (χ1n) is 4.97. The van der Waals surface area contributed by atoms with E-state index in [2.05, 4.69) is 5.32 Å². The number of nitrogens with two attached hydrogens (primary N) is 1. The van der Waals surface area contributed by atoms with E-state index < -0.39 is 4.92 Å². The van der Waals surface area contributed by atoms with E-state index in [1.54, 1.807) is 12.1 Å². The first-order valence-corrected chi connectivity index (χ1v) is 5.96. The van der Waals surface area contributed by atoms with Gasteiger partial charge in [-0.25, -0.2) is 0 Å². The van der Waals surface area contributed by atoms with Crippen LogP contribution in [-0.2, 0) is 4.79 Å². The molecule has 7 heteroatoms. The highest BCUT2D eigenvalue weighted by Crippen LogP contribution is 2.20. The summed E-state index contributed by atoms with van der Waals surface area (Å²) in [6.45, 7) is 0.869. The van der Waals surface area contributed by atoms with Crippen LogP contribution >= 0.6 is 11.8 Å². The fourth-order valence-electron chi connectivity index (χ4n) is 1.08. The molecule has 0 heterocycles. The van der Waals surface area contributed by atoms with Crippen molar-refractivity contribution in [3.63, 3.8) is 0 Å². The lowest BCUT2D eigenvalue weighted by atomic mass is 10.3. The Kier molecular flexibility index (Phi) is 5.44. The molecule has 92 valence electrons. The minimum atomic E-state index is -0.456. The van der Waals surface area contributed by atoms with Crippen molar-refractivity contribution in [2.24, 2.45) is 5.73 Å². The SMILES string of the molecule is NCCNC(=O)CSc1ccc([N+](=O)[O-])cc1. The van der Waals surface area contributed by atoms with Gasteiger partial charge in [-0.2, -0.15) is 0 Å². The van der Waals surface area contributed by atoms with Crippen LogP contribution in [0.1, 0.15) is 0 Å². The molecule has 1 rings (SSSR count). The van der Waals surface area contributed by atoms with E-state index in [-0.39, 0.29) is 17.3 Å². The molecule has 0 aliphatic rings. The van der Waals surface area contributed by atoms with Gasteiger partial charge in [0.05, 0.1) is 10.7 Å². The monoisotopic (exact) mass is 255 g/mol. The second kappa shape index (κ2) is 6.87. The van der Waals surface area contributed by atoms with Crippen LogP contribution in [-0.4, -0.2) is 29.7 Å². The van der Waals surface area contributed by atoms with E-state index in [1.165, 1.54) is 23.9 Å². The topological polar surface area (TPSA) is 98.3 Å². The van der Waals surface area contributed by atoms with Gasteiger partial charge >= 0.3 is 0 Å². The minimum absolute atomic E-state index is 0.0435. The van der Waals surface area contributed by atoms with Crippen molar-refractivity contribution in [1.82, 2.24) is 5.32 Å². The Morgan fingerprint density at radius 3 is 2.59 bits per heavy atom. The van der Waals surface area contributed by atoms with Crippen molar-refractivity contribution in [2.45, 2.75) is 4.90 Å². The van der Waals surface area contributed by atoms with Crippen LogP contribution in [0.4, 0.5) is 5.69 Å². The molecule has 0 bridgehead atoms. The number of amides is 1. The molecule has 3 N–H and O–H groups in total. The van der Waals surface area contributed by atoms with Gasteiger partial charge in [0.15, 0.2) is 0 Å². The summed E-state index contributed by atoms with van der Waals surface area (Å²) in [6, 6.07) is 6.08. The normalized spacial score (nSPS) is 9.94. The van der Waals surface area contributed by atoms with Crippen molar-refractivity contribution >= 4 is 23.4 Å². The van der Waals surface area contributed by atoms with Gasteiger partial charge in [0.1, 0.15) is 0 Å². The van der Waals surface area contributed by atoms with Crippen molar-refractivity contribution in [1.29, 1.82) is 0 Å². The van der Waals surface area contributed by atoms with Crippen molar-refractivity contribution < 1.29 is 9.72 Å². The van der Waals surface area contributed by atoms with Crippen LogP contribution in [0.15, 0.2) is 29.2 Å². The van der Waals surface area contributed by atoms with Gasteiger partial charge in [-0.3, -0.25) is 14.9 Å². The molecule has 1 amide bonds. The maximum Gasteiger partial charge on any atom is 0.269 e. The maximum atomic E-state index is 11.3. The quantitative estimate of drug-likeness (QED) is 0.444. The summed E-state index contributed by atoms with van der Waals surface area (Å²) >= 11 is 1.32. The van der Waals surface area contributed by atoms with E-state index >= 15 is 0 Å². The van der Waals surface area contributed by atoms with E-state index in [1.807, 2.05) is 0 Å². The number of carbonyl (C=O) groups is 1. The zero-order chi connectivity index (χ0) is 12.7. The van der Waals surface area contributed by atoms with E-state index in [0.717, 1.165) is 4.90 Å². The Labute approximate surface area is 103 Å². The van der Waals surface area contributed by atoms with Crippen LogP contribution in [0.3, 0.4) is 0 Å². The van der Waals surface area contributed by atoms with Gasteiger partial charge < -0.3 is 11.1 Å². The first-order chi connectivity index (χ1) is 8.13. The van der Waals surface area contributed by atoms with Crippen LogP contribution in [0.5, 0.6) is 0 Å². The summed E-state index contributed by atoms with van der Waals surface area (Å²) in [7, 11) is 0. The maximum absolute atomic E-state index is 11.3. The summed E-state index contributed by atoms with van der Waals surface area (Å²) in [5.41, 5.74) is 5.29. The molecule has 0 spiro atoms. The van der Waals surface area contributed by atoms with Gasteiger partial charge in [-0.15, -0.1) is 11.8 Å². The summed E-state index contributed by atoms with van der Waals surface area (Å²) in [6.07, 6.45) is 0. The number of rotatable bonds is 6. The molecule has 0 saturated carbocycles. The molecule has 0 aliphatic carbocycles. The van der Waals surface area contributed by atoms with Crippen LogP contribution in [0.2, 0.25) is 0 Å². The Balaban J connectivity index is 2.42. The number of nitrogens with one attached hydrogen (secondary N) is 1.